The summed E-state index contributed by atoms with van der Waals surface area (Å²) in [7, 11) is 0. The summed E-state index contributed by atoms with van der Waals surface area (Å²) < 4.78 is 0. The molecule has 0 aromatic carbocycles. The van der Waals surface area contributed by atoms with Gasteiger partial charge in [0.15, 0.2) is 0 Å². The monoisotopic (exact) mass is 387 g/mol. The zero-order valence-electron chi connectivity index (χ0n) is 17.3. The van der Waals surface area contributed by atoms with Crippen molar-refractivity contribution < 1.29 is 4.79 Å². The first-order valence-corrected chi connectivity index (χ1v) is 12.4. The first kappa shape index (κ1) is 18.7. The van der Waals surface area contributed by atoms with E-state index in [1.807, 2.05) is 0 Å². The van der Waals surface area contributed by atoms with Gasteiger partial charge in [-0.05, 0) is 87.0 Å². The van der Waals surface area contributed by atoms with E-state index in [-0.39, 0.29) is 5.41 Å². The number of fused-ring (bicyclic) bond motifs is 5. The molecule has 27 heavy (non-hydrogen) atoms. The van der Waals surface area contributed by atoms with Crippen LogP contribution in [0.3, 0.4) is 0 Å². The molecule has 1 heterocycles. The molecule has 1 N–H and O–H groups in total. The zero-order chi connectivity index (χ0) is 18.8. The number of hydrogen-bond donors (Lipinski definition) is 1. The quantitative estimate of drug-likeness (QED) is 0.658. The Labute approximate surface area is 169 Å². The van der Waals surface area contributed by atoms with E-state index in [4.69, 9.17) is 0 Å². The van der Waals surface area contributed by atoms with Gasteiger partial charge in [-0.25, -0.2) is 0 Å². The SMILES string of the molecule is C=C1CC2C[C@H](SC3CCNC3)CC[C@]2(C)[C@H]2CC[C@]3(C)C(=O)CC[C@H]3[C@H]12. The molecular weight excluding hydrogens is 350 g/mol. The standard InChI is InChI=1S/C24H37NOS/c1-15-12-16-13-17(27-18-8-11-25-14-18)6-9-23(16,2)20-7-10-24(3)19(22(15)20)4-5-21(24)26/h16-20,22,25H,1,4-14H2,2-3H3/t16?,17-,18?,19+,20+,22+,23+,24+/m1/s1. The van der Waals surface area contributed by atoms with Crippen molar-refractivity contribution in [2.75, 3.05) is 13.1 Å². The smallest absolute Gasteiger partial charge is 0.139 e. The highest BCUT2D eigenvalue weighted by Crippen LogP contribution is 2.67. The lowest BCUT2D eigenvalue weighted by atomic mass is 9.44. The largest absolute Gasteiger partial charge is 0.316 e. The minimum absolute atomic E-state index is 0.0319. The summed E-state index contributed by atoms with van der Waals surface area (Å²) in [5.74, 6) is 3.38. The van der Waals surface area contributed by atoms with Gasteiger partial charge in [-0.1, -0.05) is 26.0 Å². The van der Waals surface area contributed by atoms with Gasteiger partial charge in [0, 0.05) is 28.9 Å². The van der Waals surface area contributed by atoms with Gasteiger partial charge in [0.05, 0.1) is 0 Å². The molecule has 1 aliphatic heterocycles. The molecular formula is C24H37NOS. The second-order valence-corrected chi connectivity index (χ2v) is 12.5. The summed E-state index contributed by atoms with van der Waals surface area (Å²) >= 11 is 2.29. The summed E-state index contributed by atoms with van der Waals surface area (Å²) in [6.07, 6.45) is 11.2. The van der Waals surface area contributed by atoms with Crippen molar-refractivity contribution in [1.29, 1.82) is 0 Å². The molecule has 1 saturated heterocycles. The van der Waals surface area contributed by atoms with Gasteiger partial charge in [0.1, 0.15) is 5.78 Å². The van der Waals surface area contributed by atoms with Crippen molar-refractivity contribution in [1.82, 2.24) is 5.32 Å². The molecule has 2 nitrogen and oxygen atoms in total. The molecule has 0 bridgehead atoms. The first-order chi connectivity index (χ1) is 12.9. The van der Waals surface area contributed by atoms with Crippen molar-refractivity contribution in [2.45, 2.75) is 82.1 Å². The Balaban J connectivity index is 1.35. The van der Waals surface area contributed by atoms with Gasteiger partial charge in [0.25, 0.3) is 0 Å². The molecule has 4 aliphatic carbocycles. The molecule has 5 rings (SSSR count). The lowest BCUT2D eigenvalue weighted by Gasteiger charge is -2.61. The van der Waals surface area contributed by atoms with Crippen molar-refractivity contribution in [2.24, 2.45) is 34.5 Å². The van der Waals surface area contributed by atoms with Crippen molar-refractivity contribution in [3.05, 3.63) is 12.2 Å². The average molecular weight is 388 g/mol. The van der Waals surface area contributed by atoms with Crippen molar-refractivity contribution >= 4 is 17.5 Å². The summed E-state index contributed by atoms with van der Waals surface area (Å²) in [6, 6.07) is 0. The average Bonchev–Trinajstić information content (AvgIpc) is 3.25. The van der Waals surface area contributed by atoms with Gasteiger partial charge >= 0.3 is 0 Å². The number of hydrogen-bond acceptors (Lipinski definition) is 3. The molecule has 0 radical (unpaired) electrons. The maximum absolute atomic E-state index is 12.6. The minimum atomic E-state index is -0.0319. The van der Waals surface area contributed by atoms with Crippen LogP contribution in [0.4, 0.5) is 0 Å². The van der Waals surface area contributed by atoms with Crippen LogP contribution in [-0.4, -0.2) is 29.4 Å². The Morgan fingerprint density at radius 1 is 1.07 bits per heavy atom. The third kappa shape index (κ3) is 2.81. The number of rotatable bonds is 2. The third-order valence-electron chi connectivity index (χ3n) is 9.69. The normalized spacial score (nSPS) is 52.4. The number of ketones is 1. The minimum Gasteiger partial charge on any atom is -0.316 e. The summed E-state index contributed by atoms with van der Waals surface area (Å²) in [4.78, 5) is 12.6. The molecule has 150 valence electrons. The fraction of sp³-hybridized carbons (Fsp3) is 0.875. The van der Waals surface area contributed by atoms with Crippen LogP contribution in [0.15, 0.2) is 12.2 Å². The van der Waals surface area contributed by atoms with Crippen LogP contribution >= 0.6 is 11.8 Å². The number of thioether (sulfide) groups is 1. The predicted octanol–water partition coefficient (Wildman–Crippen LogP) is 5.23. The summed E-state index contributed by atoms with van der Waals surface area (Å²) in [5, 5.41) is 5.24. The van der Waals surface area contributed by atoms with Crippen LogP contribution in [-0.2, 0) is 4.79 Å². The van der Waals surface area contributed by atoms with Crippen LogP contribution in [0, 0.1) is 34.5 Å². The Kier molecular flexibility index (Phi) is 4.59. The van der Waals surface area contributed by atoms with Gasteiger partial charge in [-0.3, -0.25) is 4.79 Å². The number of carbonyl (C=O) groups is 1. The van der Waals surface area contributed by atoms with E-state index in [1.54, 1.807) is 0 Å². The molecule has 5 fully saturated rings. The maximum Gasteiger partial charge on any atom is 0.139 e. The molecule has 3 heteroatoms. The van der Waals surface area contributed by atoms with E-state index in [0.717, 1.165) is 41.6 Å². The zero-order valence-corrected chi connectivity index (χ0v) is 18.1. The summed E-state index contributed by atoms with van der Waals surface area (Å²) in [5.41, 5.74) is 1.97. The number of nitrogens with one attached hydrogen (secondary N) is 1. The molecule has 0 amide bonds. The lowest BCUT2D eigenvalue weighted by Crippen LogP contribution is -2.54. The van der Waals surface area contributed by atoms with Crippen LogP contribution in [0.25, 0.3) is 0 Å². The molecule has 0 aromatic heterocycles. The first-order valence-electron chi connectivity index (χ1n) is 11.5. The number of Topliss-reactive ketones (excluding diaryl/α,β-unsaturated/α-hetero) is 1. The van der Waals surface area contributed by atoms with Gasteiger partial charge in [-0.15, -0.1) is 0 Å². The maximum atomic E-state index is 12.6. The summed E-state index contributed by atoms with van der Waals surface area (Å²) in [6.45, 7) is 12.0. The van der Waals surface area contributed by atoms with E-state index in [0.29, 0.717) is 23.0 Å². The molecule has 0 aromatic rings. The Morgan fingerprint density at radius 2 is 1.93 bits per heavy atom. The fourth-order valence-electron chi connectivity index (χ4n) is 8.00. The molecule has 5 aliphatic rings. The van der Waals surface area contributed by atoms with Crippen LogP contribution in [0.1, 0.15) is 71.6 Å². The van der Waals surface area contributed by atoms with Crippen LogP contribution < -0.4 is 5.32 Å². The highest BCUT2D eigenvalue weighted by molar-refractivity contribution is 8.00. The van der Waals surface area contributed by atoms with E-state index >= 15 is 0 Å². The number of carbonyl (C=O) groups excluding carboxylic acids is 1. The second kappa shape index (κ2) is 6.62. The third-order valence-corrected chi connectivity index (χ3v) is 11.3. The van der Waals surface area contributed by atoms with Crippen LogP contribution in [0.2, 0.25) is 0 Å². The Bertz CT molecular complexity index is 640. The topological polar surface area (TPSA) is 29.1 Å². The second-order valence-electron chi connectivity index (χ2n) is 10.9. The fourth-order valence-corrected chi connectivity index (χ4v) is 9.61. The van der Waals surface area contributed by atoms with Crippen molar-refractivity contribution in [3.8, 4) is 0 Å². The van der Waals surface area contributed by atoms with Gasteiger partial charge < -0.3 is 5.32 Å². The van der Waals surface area contributed by atoms with E-state index in [9.17, 15) is 4.79 Å². The van der Waals surface area contributed by atoms with E-state index in [1.165, 1.54) is 57.2 Å². The Morgan fingerprint density at radius 3 is 2.70 bits per heavy atom. The molecule has 2 unspecified atom stereocenters. The van der Waals surface area contributed by atoms with E-state index in [2.05, 4.69) is 37.5 Å². The van der Waals surface area contributed by atoms with Gasteiger partial charge in [0.2, 0.25) is 0 Å². The molecule has 4 saturated carbocycles. The highest BCUT2D eigenvalue weighted by atomic mass is 32.2. The van der Waals surface area contributed by atoms with Crippen LogP contribution in [0.5, 0.6) is 0 Å². The van der Waals surface area contributed by atoms with E-state index < -0.39 is 0 Å². The highest BCUT2D eigenvalue weighted by Gasteiger charge is 2.61. The molecule has 8 atom stereocenters. The Hall–Kier alpha value is -0.280. The van der Waals surface area contributed by atoms with Gasteiger partial charge in [-0.2, -0.15) is 11.8 Å². The predicted molar refractivity (Wildman–Crippen MR) is 114 cm³/mol. The van der Waals surface area contributed by atoms with Crippen molar-refractivity contribution in [3.63, 3.8) is 0 Å². The lowest BCUT2D eigenvalue weighted by molar-refractivity contribution is -0.134. The molecule has 0 spiro atoms. The number of allylic oxidation sites excluding steroid dienone is 1.